The number of rotatable bonds is 1. The second-order valence-electron chi connectivity index (χ2n) is 5.48. The van der Waals surface area contributed by atoms with E-state index in [1.165, 1.54) is 38.9 Å². The van der Waals surface area contributed by atoms with Gasteiger partial charge in [-0.1, -0.05) is 76.1 Å². The summed E-state index contributed by atoms with van der Waals surface area (Å²) in [5, 5.41) is 0. The zero-order valence-corrected chi connectivity index (χ0v) is 13.3. The number of benzene rings is 3. The first-order valence-corrected chi connectivity index (χ1v) is 7.87. The van der Waals surface area contributed by atoms with E-state index in [4.69, 9.17) is 0 Å². The van der Waals surface area contributed by atoms with Gasteiger partial charge in [-0.15, -0.1) is 0 Å². The molecule has 0 heterocycles. The van der Waals surface area contributed by atoms with Crippen molar-refractivity contribution >= 4 is 15.9 Å². The lowest BCUT2D eigenvalue weighted by molar-refractivity contribution is 1.45. The zero-order valence-electron chi connectivity index (χ0n) is 11.7. The van der Waals surface area contributed by atoms with Gasteiger partial charge in [-0.05, 0) is 40.8 Å². The van der Waals surface area contributed by atoms with Crippen molar-refractivity contribution in [3.8, 4) is 22.3 Å². The average Bonchev–Trinajstić information content (AvgIpc) is 2.87. The summed E-state index contributed by atoms with van der Waals surface area (Å²) in [6.45, 7) is 2.12. The van der Waals surface area contributed by atoms with Crippen LogP contribution in [0.25, 0.3) is 22.3 Å². The summed E-state index contributed by atoms with van der Waals surface area (Å²) in [6, 6.07) is 21.7. The Kier molecular flexibility index (Phi) is 2.97. The van der Waals surface area contributed by atoms with E-state index < -0.39 is 0 Å². The van der Waals surface area contributed by atoms with Crippen molar-refractivity contribution in [2.75, 3.05) is 0 Å². The van der Waals surface area contributed by atoms with E-state index in [9.17, 15) is 0 Å². The summed E-state index contributed by atoms with van der Waals surface area (Å²) in [4.78, 5) is 0. The van der Waals surface area contributed by atoms with Crippen LogP contribution in [0.2, 0.25) is 0 Å². The molecule has 1 aliphatic rings. The molecule has 0 unspecified atom stereocenters. The zero-order chi connectivity index (χ0) is 14.4. The molecule has 101 valence electrons. The number of hydrogen-bond acceptors (Lipinski definition) is 0. The van der Waals surface area contributed by atoms with Crippen molar-refractivity contribution in [2.24, 2.45) is 0 Å². The van der Waals surface area contributed by atoms with Gasteiger partial charge in [-0.3, -0.25) is 0 Å². The molecule has 0 amide bonds. The molecule has 3 aromatic carbocycles. The van der Waals surface area contributed by atoms with Gasteiger partial charge < -0.3 is 0 Å². The van der Waals surface area contributed by atoms with Crippen molar-refractivity contribution in [2.45, 2.75) is 6.92 Å². The van der Waals surface area contributed by atoms with Gasteiger partial charge in [0.2, 0.25) is 0 Å². The summed E-state index contributed by atoms with van der Waals surface area (Å²) in [5.41, 5.74) is 9.10. The number of aryl methyl sites for hydroxylation is 1. The van der Waals surface area contributed by atoms with Gasteiger partial charge in [-0.25, -0.2) is 0 Å². The van der Waals surface area contributed by atoms with Gasteiger partial charge in [0, 0.05) is 16.5 Å². The molecule has 0 aromatic heterocycles. The van der Waals surface area contributed by atoms with E-state index in [1.807, 2.05) is 0 Å². The molecule has 0 N–H and O–H groups in total. The second kappa shape index (κ2) is 4.85. The van der Waals surface area contributed by atoms with Crippen LogP contribution >= 0.6 is 15.9 Å². The molecule has 0 nitrogen and oxygen atoms in total. The highest BCUT2D eigenvalue weighted by Gasteiger charge is 2.23. The van der Waals surface area contributed by atoms with Crippen LogP contribution in [0.1, 0.15) is 16.7 Å². The van der Waals surface area contributed by atoms with E-state index >= 15 is 0 Å². The Morgan fingerprint density at radius 3 is 2.33 bits per heavy atom. The second-order valence-corrected chi connectivity index (χ2v) is 6.34. The van der Waals surface area contributed by atoms with Gasteiger partial charge in [0.1, 0.15) is 0 Å². The average molecular weight is 334 g/mol. The smallest absolute Gasteiger partial charge is 0.0257 e. The minimum absolute atomic E-state index is 1.15. The Morgan fingerprint density at radius 2 is 1.52 bits per heavy atom. The summed E-state index contributed by atoms with van der Waals surface area (Å²) in [6.07, 6.45) is 2.30. The SMILES string of the molecule is Cc1ccc(-c2c(Br)ccc3c2[CH]c2ccccc2-3)cc1. The molecule has 21 heavy (non-hydrogen) atoms. The molecule has 0 fully saturated rings. The molecule has 0 atom stereocenters. The molecule has 0 spiro atoms. The maximum atomic E-state index is 3.73. The van der Waals surface area contributed by atoms with Crippen LogP contribution < -0.4 is 0 Å². The fourth-order valence-electron chi connectivity index (χ4n) is 3.01. The first kappa shape index (κ1) is 12.8. The van der Waals surface area contributed by atoms with Crippen LogP contribution in [0.4, 0.5) is 0 Å². The van der Waals surface area contributed by atoms with Gasteiger partial charge in [0.05, 0.1) is 0 Å². The van der Waals surface area contributed by atoms with Crippen molar-refractivity contribution in [3.05, 3.63) is 88.2 Å². The molecule has 0 saturated heterocycles. The topological polar surface area (TPSA) is 0 Å². The molecule has 3 aromatic rings. The molecule has 0 aliphatic heterocycles. The van der Waals surface area contributed by atoms with Crippen LogP contribution in [-0.2, 0) is 0 Å². The highest BCUT2D eigenvalue weighted by Crippen LogP contribution is 2.45. The Balaban J connectivity index is 1.96. The molecule has 4 rings (SSSR count). The van der Waals surface area contributed by atoms with Gasteiger partial charge in [0.25, 0.3) is 0 Å². The minimum atomic E-state index is 1.15. The third-order valence-corrected chi connectivity index (χ3v) is 4.75. The normalized spacial score (nSPS) is 12.1. The Bertz CT molecular complexity index is 829. The van der Waals surface area contributed by atoms with Crippen LogP contribution in [0.5, 0.6) is 0 Å². The van der Waals surface area contributed by atoms with Crippen molar-refractivity contribution < 1.29 is 0 Å². The van der Waals surface area contributed by atoms with E-state index in [0.29, 0.717) is 0 Å². The Labute approximate surface area is 133 Å². The highest BCUT2D eigenvalue weighted by molar-refractivity contribution is 9.10. The largest absolute Gasteiger partial charge is 0.0619 e. The molecule has 0 bridgehead atoms. The van der Waals surface area contributed by atoms with Crippen molar-refractivity contribution in [1.82, 2.24) is 0 Å². The Hall–Kier alpha value is -1.86. The van der Waals surface area contributed by atoms with E-state index in [-0.39, 0.29) is 0 Å². The van der Waals surface area contributed by atoms with Crippen LogP contribution in [0.3, 0.4) is 0 Å². The van der Waals surface area contributed by atoms with Gasteiger partial charge in [-0.2, -0.15) is 0 Å². The molecule has 1 aliphatic carbocycles. The lowest BCUT2D eigenvalue weighted by atomic mass is 9.95. The van der Waals surface area contributed by atoms with E-state index in [2.05, 4.69) is 89.9 Å². The fourth-order valence-corrected chi connectivity index (χ4v) is 3.59. The predicted molar refractivity (Wildman–Crippen MR) is 92.3 cm³/mol. The van der Waals surface area contributed by atoms with Gasteiger partial charge in [0.15, 0.2) is 0 Å². The fraction of sp³-hybridized carbons (Fsp3) is 0.0500. The predicted octanol–water partition coefficient (Wildman–Crippen LogP) is 6.01. The highest BCUT2D eigenvalue weighted by atomic mass is 79.9. The van der Waals surface area contributed by atoms with E-state index in [1.54, 1.807) is 0 Å². The van der Waals surface area contributed by atoms with Crippen LogP contribution in [0.15, 0.2) is 65.1 Å². The van der Waals surface area contributed by atoms with Gasteiger partial charge >= 0.3 is 0 Å². The molecular formula is C20H14Br. The number of hydrogen-bond donors (Lipinski definition) is 0. The van der Waals surface area contributed by atoms with Crippen molar-refractivity contribution in [1.29, 1.82) is 0 Å². The quantitative estimate of drug-likeness (QED) is 0.400. The van der Waals surface area contributed by atoms with Crippen LogP contribution in [-0.4, -0.2) is 0 Å². The van der Waals surface area contributed by atoms with Crippen LogP contribution in [0, 0.1) is 13.3 Å². The lowest BCUT2D eigenvalue weighted by Crippen LogP contribution is -1.89. The van der Waals surface area contributed by atoms with E-state index in [0.717, 1.165) is 4.47 Å². The molecule has 1 radical (unpaired) electrons. The maximum absolute atomic E-state index is 3.73. The summed E-state index contributed by atoms with van der Waals surface area (Å²) in [7, 11) is 0. The lowest BCUT2D eigenvalue weighted by Gasteiger charge is -2.12. The monoisotopic (exact) mass is 333 g/mol. The summed E-state index contributed by atoms with van der Waals surface area (Å²) in [5.74, 6) is 0. The molecular weight excluding hydrogens is 320 g/mol. The first-order valence-electron chi connectivity index (χ1n) is 7.08. The third kappa shape index (κ3) is 2.04. The molecule has 1 heteroatoms. The third-order valence-electron chi connectivity index (χ3n) is 4.09. The maximum Gasteiger partial charge on any atom is 0.0257 e. The minimum Gasteiger partial charge on any atom is -0.0619 e. The number of fused-ring (bicyclic) bond motifs is 3. The summed E-state index contributed by atoms with van der Waals surface area (Å²) >= 11 is 3.73. The number of halogens is 1. The summed E-state index contributed by atoms with van der Waals surface area (Å²) < 4.78 is 1.15. The standard InChI is InChI=1S/C20H14Br/c1-13-6-8-14(9-7-13)20-18-12-15-4-2-3-5-16(15)17(18)10-11-19(20)21/h2-12H,1H3. The van der Waals surface area contributed by atoms with Crippen molar-refractivity contribution in [3.63, 3.8) is 0 Å². The first-order chi connectivity index (χ1) is 10.2. The molecule has 0 saturated carbocycles. The Morgan fingerprint density at radius 1 is 0.762 bits per heavy atom.